The van der Waals surface area contributed by atoms with Crippen molar-refractivity contribution in [3.8, 4) is 0 Å². The summed E-state index contributed by atoms with van der Waals surface area (Å²) in [6, 6.07) is 0. The highest BCUT2D eigenvalue weighted by Crippen LogP contribution is 2.69. The molecular formula is C20H30BrN3O. The fraction of sp³-hybridized carbons (Fsp3) is 0.800. The molecule has 1 amide bonds. The van der Waals surface area contributed by atoms with Crippen LogP contribution in [0, 0.1) is 22.2 Å². The predicted molar refractivity (Wildman–Crippen MR) is 102 cm³/mol. The van der Waals surface area contributed by atoms with Crippen LogP contribution < -0.4 is 0 Å². The molecule has 25 heavy (non-hydrogen) atoms. The lowest BCUT2D eigenvalue weighted by Crippen LogP contribution is -2.59. The predicted octanol–water partition coefficient (Wildman–Crippen LogP) is 4.62. The first-order valence-corrected chi connectivity index (χ1v) is 10.4. The maximum atomic E-state index is 13.5. The first kappa shape index (κ1) is 17.6. The third kappa shape index (κ3) is 2.87. The highest BCUT2D eigenvalue weighted by Gasteiger charge is 2.63. The number of aromatic nitrogens is 2. The minimum absolute atomic E-state index is 0.128. The quantitative estimate of drug-likeness (QED) is 0.729. The highest BCUT2D eigenvalue weighted by molar-refractivity contribution is 9.10. The summed E-state index contributed by atoms with van der Waals surface area (Å²) in [4.78, 5) is 15.5. The third-order valence-corrected chi connectivity index (χ3v) is 7.59. The molecule has 4 saturated carbocycles. The van der Waals surface area contributed by atoms with E-state index in [2.05, 4.69) is 41.8 Å². The van der Waals surface area contributed by atoms with Crippen molar-refractivity contribution in [1.82, 2.24) is 14.7 Å². The number of aryl methyl sites for hydroxylation is 1. The molecule has 0 saturated heterocycles. The first-order chi connectivity index (χ1) is 11.7. The molecule has 2 unspecified atom stereocenters. The molecule has 4 nitrogen and oxygen atoms in total. The van der Waals surface area contributed by atoms with E-state index >= 15 is 0 Å². The molecule has 4 aliphatic rings. The Morgan fingerprint density at radius 2 is 1.92 bits per heavy atom. The van der Waals surface area contributed by atoms with E-state index in [-0.39, 0.29) is 5.41 Å². The van der Waals surface area contributed by atoms with Gasteiger partial charge in [-0.1, -0.05) is 13.8 Å². The summed E-state index contributed by atoms with van der Waals surface area (Å²) in [5, 5.41) is 4.60. The molecule has 1 aromatic heterocycles. The monoisotopic (exact) mass is 407 g/mol. The molecule has 4 bridgehead atoms. The van der Waals surface area contributed by atoms with Crippen LogP contribution in [0.3, 0.4) is 0 Å². The van der Waals surface area contributed by atoms with Crippen LogP contribution in [0.25, 0.3) is 0 Å². The average molecular weight is 408 g/mol. The Morgan fingerprint density at radius 3 is 2.44 bits per heavy atom. The molecule has 5 heteroatoms. The van der Waals surface area contributed by atoms with E-state index in [9.17, 15) is 4.79 Å². The van der Waals surface area contributed by atoms with Crippen molar-refractivity contribution in [1.29, 1.82) is 0 Å². The van der Waals surface area contributed by atoms with E-state index in [0.29, 0.717) is 23.3 Å². The van der Waals surface area contributed by atoms with E-state index in [0.717, 1.165) is 41.9 Å². The fourth-order valence-electron chi connectivity index (χ4n) is 7.09. The van der Waals surface area contributed by atoms with Gasteiger partial charge in [0.05, 0.1) is 22.1 Å². The number of rotatable bonds is 4. The SMILES string of the molecule is CCn1cc(Br)c(CN(C)C(=O)C23CC4CC(C)(CC(C)(C4)C2)C3)n1. The number of carbonyl (C=O) groups is 1. The minimum atomic E-state index is -0.128. The molecule has 0 spiro atoms. The molecule has 0 aliphatic heterocycles. The van der Waals surface area contributed by atoms with E-state index in [4.69, 9.17) is 0 Å². The molecule has 5 rings (SSSR count). The topological polar surface area (TPSA) is 38.1 Å². The van der Waals surface area contributed by atoms with Crippen molar-refractivity contribution in [2.75, 3.05) is 7.05 Å². The Hall–Kier alpha value is -0.840. The summed E-state index contributed by atoms with van der Waals surface area (Å²) in [6.45, 7) is 8.37. The Labute approximate surface area is 159 Å². The van der Waals surface area contributed by atoms with Gasteiger partial charge in [0.1, 0.15) is 0 Å². The smallest absolute Gasteiger partial charge is 0.228 e. The normalized spacial score (nSPS) is 39.0. The largest absolute Gasteiger partial charge is 0.339 e. The van der Waals surface area contributed by atoms with E-state index in [1.54, 1.807) is 0 Å². The van der Waals surface area contributed by atoms with Crippen LogP contribution in [0.1, 0.15) is 65.0 Å². The zero-order valence-corrected chi connectivity index (χ0v) is 17.5. The zero-order valence-electron chi connectivity index (χ0n) is 15.9. The fourth-order valence-corrected chi connectivity index (χ4v) is 7.53. The van der Waals surface area contributed by atoms with E-state index < -0.39 is 0 Å². The molecular weight excluding hydrogens is 378 g/mol. The lowest BCUT2D eigenvalue weighted by atomic mass is 9.40. The van der Waals surface area contributed by atoms with E-state index in [1.807, 2.05) is 22.8 Å². The van der Waals surface area contributed by atoms with Crippen molar-refractivity contribution in [2.45, 2.75) is 72.4 Å². The van der Waals surface area contributed by atoms with Gasteiger partial charge in [0.15, 0.2) is 0 Å². The Bertz CT molecular complexity index is 694. The van der Waals surface area contributed by atoms with Gasteiger partial charge in [0, 0.05) is 19.8 Å². The summed E-state index contributed by atoms with van der Waals surface area (Å²) in [6.07, 6.45) is 9.23. The summed E-state index contributed by atoms with van der Waals surface area (Å²) >= 11 is 3.60. The second kappa shape index (κ2) is 5.58. The lowest BCUT2D eigenvalue weighted by Gasteiger charge is -2.65. The van der Waals surface area contributed by atoms with Crippen LogP contribution in [0.15, 0.2) is 10.7 Å². The summed E-state index contributed by atoms with van der Waals surface area (Å²) in [5.74, 6) is 1.10. The summed E-state index contributed by atoms with van der Waals surface area (Å²) in [5.41, 5.74) is 1.57. The Morgan fingerprint density at radius 1 is 1.28 bits per heavy atom. The van der Waals surface area contributed by atoms with Gasteiger partial charge in [-0.3, -0.25) is 9.48 Å². The number of hydrogen-bond acceptors (Lipinski definition) is 2. The number of carbonyl (C=O) groups excluding carboxylic acids is 1. The molecule has 1 heterocycles. The molecule has 2 atom stereocenters. The molecule has 1 aromatic rings. The minimum Gasteiger partial charge on any atom is -0.339 e. The molecule has 4 aliphatic carbocycles. The lowest BCUT2D eigenvalue weighted by molar-refractivity contribution is -0.178. The Balaban J connectivity index is 1.56. The van der Waals surface area contributed by atoms with Crippen molar-refractivity contribution in [2.24, 2.45) is 22.2 Å². The molecule has 0 N–H and O–H groups in total. The van der Waals surface area contributed by atoms with Gasteiger partial charge in [0.25, 0.3) is 0 Å². The van der Waals surface area contributed by atoms with Crippen molar-refractivity contribution < 1.29 is 4.79 Å². The van der Waals surface area contributed by atoms with Crippen molar-refractivity contribution in [3.05, 3.63) is 16.4 Å². The Kier molecular flexibility index (Phi) is 3.92. The number of amides is 1. The standard InChI is InChI=1S/C20H30BrN3O/c1-5-24-9-15(21)16(22-24)10-23(4)17(25)20-8-14-6-18(2,12-20)11-19(3,7-14)13-20/h9,14H,5-8,10-13H2,1-4H3. The van der Waals surface area contributed by atoms with Crippen LogP contribution in [-0.4, -0.2) is 27.6 Å². The van der Waals surface area contributed by atoms with Crippen LogP contribution in [0.5, 0.6) is 0 Å². The summed E-state index contributed by atoms with van der Waals surface area (Å²) < 4.78 is 2.92. The maximum absolute atomic E-state index is 13.5. The first-order valence-electron chi connectivity index (χ1n) is 9.63. The number of hydrogen-bond donors (Lipinski definition) is 0. The van der Waals surface area contributed by atoms with Gasteiger partial charge < -0.3 is 4.90 Å². The maximum Gasteiger partial charge on any atom is 0.228 e. The van der Waals surface area contributed by atoms with Gasteiger partial charge >= 0.3 is 0 Å². The van der Waals surface area contributed by atoms with Gasteiger partial charge in [-0.2, -0.15) is 5.10 Å². The molecule has 0 aromatic carbocycles. The van der Waals surface area contributed by atoms with Gasteiger partial charge in [-0.15, -0.1) is 0 Å². The van der Waals surface area contributed by atoms with Gasteiger partial charge in [-0.25, -0.2) is 0 Å². The van der Waals surface area contributed by atoms with Crippen molar-refractivity contribution >= 4 is 21.8 Å². The van der Waals surface area contributed by atoms with Crippen LogP contribution >= 0.6 is 15.9 Å². The van der Waals surface area contributed by atoms with Gasteiger partial charge in [-0.05, 0) is 78.1 Å². The average Bonchev–Trinajstić information content (AvgIpc) is 2.83. The van der Waals surface area contributed by atoms with Crippen LogP contribution in [0.2, 0.25) is 0 Å². The van der Waals surface area contributed by atoms with Gasteiger partial charge in [0.2, 0.25) is 5.91 Å². The summed E-state index contributed by atoms with van der Waals surface area (Å²) in [7, 11) is 1.96. The van der Waals surface area contributed by atoms with Crippen LogP contribution in [-0.2, 0) is 17.9 Å². The molecule has 138 valence electrons. The number of halogens is 1. The molecule has 4 fully saturated rings. The number of nitrogens with zero attached hydrogens (tertiary/aromatic N) is 3. The highest BCUT2D eigenvalue weighted by atomic mass is 79.9. The van der Waals surface area contributed by atoms with E-state index in [1.165, 1.54) is 19.3 Å². The zero-order chi connectivity index (χ0) is 18.0. The molecule has 0 radical (unpaired) electrons. The van der Waals surface area contributed by atoms with Crippen LogP contribution in [0.4, 0.5) is 0 Å². The van der Waals surface area contributed by atoms with Crippen molar-refractivity contribution in [3.63, 3.8) is 0 Å². The third-order valence-electron chi connectivity index (χ3n) is 6.92. The second-order valence-electron chi connectivity index (χ2n) is 9.85. The second-order valence-corrected chi connectivity index (χ2v) is 10.7.